The van der Waals surface area contributed by atoms with Crippen molar-refractivity contribution in [3.8, 4) is 28.7 Å². The van der Waals surface area contributed by atoms with Gasteiger partial charge < -0.3 is 13.7 Å². The summed E-state index contributed by atoms with van der Waals surface area (Å²) in [5.74, 6) is 2.73. The summed E-state index contributed by atoms with van der Waals surface area (Å²) in [5.41, 5.74) is 1.36. The molecule has 1 aliphatic rings. The van der Waals surface area contributed by atoms with Crippen LogP contribution in [0.1, 0.15) is 31.1 Å². The lowest BCUT2D eigenvalue weighted by Crippen LogP contribution is -2.08. The predicted octanol–water partition coefficient (Wildman–Crippen LogP) is 3.67. The highest BCUT2D eigenvalue weighted by Crippen LogP contribution is 2.37. The Morgan fingerprint density at radius 2 is 2.05 bits per heavy atom. The molecule has 3 aromatic rings. The van der Waals surface area contributed by atoms with Gasteiger partial charge in [0.05, 0.1) is 12.7 Å². The van der Waals surface area contributed by atoms with E-state index in [4.69, 9.17) is 13.7 Å². The van der Waals surface area contributed by atoms with Crippen LogP contribution >= 0.6 is 0 Å². The Morgan fingerprint density at radius 3 is 2.82 bits per heavy atom. The zero-order valence-corrected chi connectivity index (χ0v) is 12.2. The summed E-state index contributed by atoms with van der Waals surface area (Å²) >= 11 is 0. The third-order valence-electron chi connectivity index (χ3n) is 3.97. The molecule has 6 nitrogen and oxygen atoms in total. The molecule has 0 aliphatic heterocycles. The van der Waals surface area contributed by atoms with E-state index in [1.807, 2.05) is 24.3 Å². The van der Waals surface area contributed by atoms with Crippen molar-refractivity contribution in [3.63, 3.8) is 0 Å². The van der Waals surface area contributed by atoms with Gasteiger partial charge in [-0.25, -0.2) is 4.98 Å². The quantitative estimate of drug-likeness (QED) is 0.731. The summed E-state index contributed by atoms with van der Waals surface area (Å²) in [6.45, 7) is 0. The maximum Gasteiger partial charge on any atom is 0.280 e. The maximum absolute atomic E-state index is 5.52. The number of ether oxygens (including phenoxy) is 1. The molecule has 0 unspecified atom stereocenters. The molecule has 0 saturated heterocycles. The molecule has 1 aliphatic carbocycles. The minimum Gasteiger partial charge on any atom is -0.496 e. The van der Waals surface area contributed by atoms with E-state index in [9.17, 15) is 0 Å². The number of aromatic nitrogens is 3. The third-order valence-corrected chi connectivity index (χ3v) is 3.97. The number of rotatable bonds is 4. The second-order valence-corrected chi connectivity index (χ2v) is 5.32. The maximum atomic E-state index is 5.52. The van der Waals surface area contributed by atoms with E-state index in [0.717, 1.165) is 24.3 Å². The van der Waals surface area contributed by atoms with Crippen molar-refractivity contribution < 1.29 is 13.7 Å². The van der Waals surface area contributed by atoms with Crippen LogP contribution in [-0.4, -0.2) is 22.2 Å². The number of oxazole rings is 1. The molecular formula is C16H15N3O3. The fourth-order valence-corrected chi connectivity index (χ4v) is 2.49. The second-order valence-electron chi connectivity index (χ2n) is 5.32. The lowest BCUT2D eigenvalue weighted by Gasteiger charge is -2.21. The molecule has 1 aromatic carbocycles. The van der Waals surface area contributed by atoms with Crippen LogP contribution in [0.15, 0.2) is 39.5 Å². The van der Waals surface area contributed by atoms with Crippen molar-refractivity contribution in [3.05, 3.63) is 36.4 Å². The van der Waals surface area contributed by atoms with Gasteiger partial charge in [0.2, 0.25) is 5.82 Å². The Labute approximate surface area is 127 Å². The average molecular weight is 297 g/mol. The molecule has 22 heavy (non-hydrogen) atoms. The summed E-state index contributed by atoms with van der Waals surface area (Å²) in [4.78, 5) is 8.85. The van der Waals surface area contributed by atoms with E-state index in [1.54, 1.807) is 13.4 Å². The standard InChI is InChI=1S/C16H15N3O3/c1-20-13-8-3-2-7-11(13)14-18-16(22-19-14)12-9-21-15(17-12)10-5-4-6-10/h2-3,7-10H,4-6H2,1H3. The van der Waals surface area contributed by atoms with Crippen molar-refractivity contribution in [2.24, 2.45) is 0 Å². The van der Waals surface area contributed by atoms with Crippen LogP contribution in [0.3, 0.4) is 0 Å². The highest BCUT2D eigenvalue weighted by Gasteiger charge is 2.25. The van der Waals surface area contributed by atoms with Crippen molar-refractivity contribution in [2.75, 3.05) is 7.11 Å². The molecule has 2 aromatic heterocycles. The van der Waals surface area contributed by atoms with Crippen LogP contribution in [-0.2, 0) is 0 Å². The van der Waals surface area contributed by atoms with Crippen LogP contribution in [0.25, 0.3) is 23.0 Å². The van der Waals surface area contributed by atoms with Gasteiger partial charge in [-0.05, 0) is 25.0 Å². The zero-order chi connectivity index (χ0) is 14.9. The molecule has 1 fully saturated rings. The monoisotopic (exact) mass is 297 g/mol. The molecule has 112 valence electrons. The number of hydrogen-bond donors (Lipinski definition) is 0. The van der Waals surface area contributed by atoms with Crippen molar-refractivity contribution in [1.82, 2.24) is 15.1 Å². The van der Waals surface area contributed by atoms with E-state index in [1.165, 1.54) is 6.42 Å². The number of methoxy groups -OCH3 is 1. The summed E-state index contributed by atoms with van der Waals surface area (Å²) in [5, 5.41) is 4.01. The Balaban J connectivity index is 1.64. The average Bonchev–Trinajstić information content (AvgIpc) is 3.14. The molecular weight excluding hydrogens is 282 g/mol. The van der Waals surface area contributed by atoms with E-state index in [-0.39, 0.29) is 0 Å². The number of hydrogen-bond acceptors (Lipinski definition) is 6. The predicted molar refractivity (Wildman–Crippen MR) is 78.4 cm³/mol. The summed E-state index contributed by atoms with van der Waals surface area (Å²) < 4.78 is 16.1. The van der Waals surface area contributed by atoms with E-state index < -0.39 is 0 Å². The SMILES string of the molecule is COc1ccccc1-c1noc(-c2coc(C3CCC3)n2)n1. The summed E-state index contributed by atoms with van der Waals surface area (Å²) in [6, 6.07) is 7.54. The normalized spacial score (nSPS) is 14.8. The first-order chi connectivity index (χ1) is 10.8. The highest BCUT2D eigenvalue weighted by molar-refractivity contribution is 5.65. The van der Waals surface area contributed by atoms with E-state index in [2.05, 4.69) is 15.1 Å². The lowest BCUT2D eigenvalue weighted by atomic mass is 9.85. The smallest absolute Gasteiger partial charge is 0.280 e. The van der Waals surface area contributed by atoms with Gasteiger partial charge >= 0.3 is 0 Å². The Morgan fingerprint density at radius 1 is 1.18 bits per heavy atom. The largest absolute Gasteiger partial charge is 0.496 e. The summed E-state index contributed by atoms with van der Waals surface area (Å²) in [6.07, 6.45) is 5.08. The third kappa shape index (κ3) is 2.16. The Bertz CT molecular complexity index is 789. The van der Waals surface area contributed by atoms with Crippen LogP contribution < -0.4 is 4.74 Å². The fraction of sp³-hybridized carbons (Fsp3) is 0.312. The molecule has 4 rings (SSSR count). The van der Waals surface area contributed by atoms with Gasteiger partial charge in [-0.15, -0.1) is 0 Å². The highest BCUT2D eigenvalue weighted by atomic mass is 16.5. The van der Waals surface area contributed by atoms with E-state index in [0.29, 0.717) is 29.1 Å². The van der Waals surface area contributed by atoms with Gasteiger partial charge in [-0.3, -0.25) is 0 Å². The van der Waals surface area contributed by atoms with Crippen molar-refractivity contribution in [2.45, 2.75) is 25.2 Å². The molecule has 0 spiro atoms. The molecule has 0 N–H and O–H groups in total. The van der Waals surface area contributed by atoms with Crippen molar-refractivity contribution in [1.29, 1.82) is 0 Å². The first-order valence-corrected chi connectivity index (χ1v) is 7.28. The molecule has 0 radical (unpaired) electrons. The first-order valence-electron chi connectivity index (χ1n) is 7.28. The minimum absolute atomic E-state index is 0.357. The van der Waals surface area contributed by atoms with Gasteiger partial charge in [-0.1, -0.05) is 23.7 Å². The molecule has 6 heteroatoms. The van der Waals surface area contributed by atoms with Gasteiger partial charge in [0.25, 0.3) is 5.89 Å². The number of nitrogens with zero attached hydrogens (tertiary/aromatic N) is 3. The minimum atomic E-state index is 0.357. The molecule has 0 atom stereocenters. The van der Waals surface area contributed by atoms with Gasteiger partial charge in [0.1, 0.15) is 12.0 Å². The van der Waals surface area contributed by atoms with Crippen LogP contribution in [0.2, 0.25) is 0 Å². The van der Waals surface area contributed by atoms with Gasteiger partial charge in [0.15, 0.2) is 11.6 Å². The van der Waals surface area contributed by atoms with Gasteiger partial charge in [-0.2, -0.15) is 4.98 Å². The molecule has 2 heterocycles. The number of para-hydroxylation sites is 1. The molecule has 0 amide bonds. The topological polar surface area (TPSA) is 74.2 Å². The Hall–Kier alpha value is -2.63. The van der Waals surface area contributed by atoms with Gasteiger partial charge in [0, 0.05) is 5.92 Å². The Kier molecular flexibility index (Phi) is 3.14. The zero-order valence-electron chi connectivity index (χ0n) is 12.2. The first kappa shape index (κ1) is 13.1. The lowest BCUT2D eigenvalue weighted by molar-refractivity contribution is 0.335. The summed E-state index contributed by atoms with van der Waals surface area (Å²) in [7, 11) is 1.61. The second kappa shape index (κ2) is 5.29. The molecule has 1 saturated carbocycles. The van der Waals surface area contributed by atoms with Crippen LogP contribution in [0.5, 0.6) is 5.75 Å². The van der Waals surface area contributed by atoms with E-state index >= 15 is 0 Å². The fourth-order valence-electron chi connectivity index (χ4n) is 2.49. The van der Waals surface area contributed by atoms with Crippen molar-refractivity contribution >= 4 is 0 Å². The van der Waals surface area contributed by atoms with Crippen LogP contribution in [0.4, 0.5) is 0 Å². The van der Waals surface area contributed by atoms with Crippen LogP contribution in [0, 0.1) is 0 Å². The number of benzene rings is 1. The molecule has 0 bridgehead atoms.